The molecule has 0 amide bonds. The number of pyridine rings is 1. The van der Waals surface area contributed by atoms with E-state index in [-0.39, 0.29) is 5.41 Å². The molecule has 0 saturated carbocycles. The van der Waals surface area contributed by atoms with Gasteiger partial charge in [0, 0.05) is 23.2 Å². The molecule has 0 fully saturated rings. The molecule has 0 aliphatic carbocycles. The molecule has 7 heteroatoms. The zero-order chi connectivity index (χ0) is 21.3. The molecule has 4 rings (SSSR count). The zero-order valence-electron chi connectivity index (χ0n) is 17.5. The van der Waals surface area contributed by atoms with Gasteiger partial charge in [-0.3, -0.25) is 4.68 Å². The summed E-state index contributed by atoms with van der Waals surface area (Å²) < 4.78 is 7.03. The quantitative estimate of drug-likeness (QED) is 0.435. The molecule has 0 radical (unpaired) electrons. The van der Waals surface area contributed by atoms with Crippen molar-refractivity contribution in [2.45, 2.75) is 44.6 Å². The van der Waals surface area contributed by atoms with Gasteiger partial charge in [-0.05, 0) is 60.2 Å². The van der Waals surface area contributed by atoms with Gasteiger partial charge in [0.2, 0.25) is 0 Å². The van der Waals surface area contributed by atoms with Gasteiger partial charge in [0.25, 0.3) is 0 Å². The fourth-order valence-corrected chi connectivity index (χ4v) is 3.84. The number of anilines is 1. The van der Waals surface area contributed by atoms with Gasteiger partial charge >= 0.3 is 0 Å². The lowest BCUT2D eigenvalue weighted by Gasteiger charge is -2.19. The first kappa shape index (κ1) is 20.0. The van der Waals surface area contributed by atoms with Crippen LogP contribution < -0.4 is 4.72 Å². The Balaban J connectivity index is 1.63. The fraction of sp³-hybridized carbons (Fsp3) is 0.261. The number of aryl methyl sites for hydroxylation is 1. The number of benzene rings is 1. The molecule has 152 valence electrons. The highest BCUT2D eigenvalue weighted by atomic mass is 32.2. The van der Waals surface area contributed by atoms with Crippen molar-refractivity contribution in [2.75, 3.05) is 4.72 Å². The minimum atomic E-state index is 0.132. The summed E-state index contributed by atoms with van der Waals surface area (Å²) in [5.41, 5.74) is 4.51. The summed E-state index contributed by atoms with van der Waals surface area (Å²) in [6.07, 6.45) is 3.77. The van der Waals surface area contributed by atoms with Crippen LogP contribution in [0.1, 0.15) is 38.8 Å². The third-order valence-electron chi connectivity index (χ3n) is 4.99. The average Bonchev–Trinajstić information content (AvgIpc) is 3.38. The highest BCUT2D eigenvalue weighted by Crippen LogP contribution is 2.29. The average molecular weight is 417 g/mol. The number of fused-ring (bicyclic) bond motifs is 1. The van der Waals surface area contributed by atoms with Gasteiger partial charge in [-0.1, -0.05) is 32.9 Å². The Morgan fingerprint density at radius 3 is 2.53 bits per heavy atom. The van der Waals surface area contributed by atoms with Crippen molar-refractivity contribution in [3.63, 3.8) is 0 Å². The van der Waals surface area contributed by atoms with E-state index < -0.39 is 0 Å². The molecule has 3 aromatic heterocycles. The topological polar surface area (TPSA) is 70.9 Å². The lowest BCUT2D eigenvalue weighted by atomic mass is 9.87. The van der Waals surface area contributed by atoms with Crippen LogP contribution in [0.3, 0.4) is 0 Å². The van der Waals surface area contributed by atoms with Gasteiger partial charge in [-0.25, -0.2) is 4.52 Å². The van der Waals surface area contributed by atoms with Crippen molar-refractivity contribution in [1.29, 1.82) is 5.26 Å². The minimum Gasteiger partial charge on any atom is -0.310 e. The zero-order valence-corrected chi connectivity index (χ0v) is 18.4. The summed E-state index contributed by atoms with van der Waals surface area (Å²) in [7, 11) is 0. The van der Waals surface area contributed by atoms with E-state index in [0.29, 0.717) is 5.56 Å². The number of aromatic nitrogens is 4. The van der Waals surface area contributed by atoms with Crippen LogP contribution in [-0.4, -0.2) is 19.4 Å². The van der Waals surface area contributed by atoms with E-state index in [4.69, 9.17) is 5.10 Å². The van der Waals surface area contributed by atoms with Crippen LogP contribution in [0.5, 0.6) is 0 Å². The van der Waals surface area contributed by atoms with Crippen LogP contribution in [0.25, 0.3) is 16.8 Å². The van der Waals surface area contributed by atoms with E-state index in [2.05, 4.69) is 60.9 Å². The normalized spacial score (nSPS) is 11.6. The standard InChI is InChI=1S/C23H24N6S/c1-5-28-15-17(14-25-28)20-12-21-16(13-24)6-11-22(29(21)26-20)27-30-19-9-7-18(8-10-19)23(2,3)4/h6-12,14-15,27H,5H2,1-4H3. The number of nitriles is 1. The number of rotatable bonds is 5. The summed E-state index contributed by atoms with van der Waals surface area (Å²) in [5.74, 6) is 0.808. The van der Waals surface area contributed by atoms with Crippen molar-refractivity contribution in [1.82, 2.24) is 19.4 Å². The molecule has 0 saturated heterocycles. The summed E-state index contributed by atoms with van der Waals surface area (Å²) in [4.78, 5) is 1.11. The molecule has 4 aromatic rings. The van der Waals surface area contributed by atoms with Crippen LogP contribution in [-0.2, 0) is 12.0 Å². The molecule has 0 aliphatic heterocycles. The molecule has 3 heterocycles. The third kappa shape index (κ3) is 3.91. The Morgan fingerprint density at radius 2 is 1.90 bits per heavy atom. The summed E-state index contributed by atoms with van der Waals surface area (Å²) >= 11 is 1.52. The largest absolute Gasteiger partial charge is 0.310 e. The Kier molecular flexibility index (Phi) is 5.27. The first-order valence-corrected chi connectivity index (χ1v) is 10.7. The third-order valence-corrected chi connectivity index (χ3v) is 5.81. The Morgan fingerprint density at radius 1 is 1.13 bits per heavy atom. The highest BCUT2D eigenvalue weighted by Gasteiger charge is 2.14. The van der Waals surface area contributed by atoms with Crippen molar-refractivity contribution in [3.05, 3.63) is 66.0 Å². The van der Waals surface area contributed by atoms with Crippen LogP contribution in [0.15, 0.2) is 59.8 Å². The monoisotopic (exact) mass is 416 g/mol. The van der Waals surface area contributed by atoms with Crippen LogP contribution in [0, 0.1) is 11.3 Å². The van der Waals surface area contributed by atoms with Crippen molar-refractivity contribution in [2.24, 2.45) is 0 Å². The SMILES string of the molecule is CCn1cc(-c2cc3c(C#N)ccc(NSc4ccc(C(C)(C)C)cc4)n3n2)cn1. The molecule has 30 heavy (non-hydrogen) atoms. The van der Waals surface area contributed by atoms with E-state index in [9.17, 15) is 5.26 Å². The molecule has 0 aliphatic rings. The van der Waals surface area contributed by atoms with Crippen molar-refractivity contribution in [3.8, 4) is 17.3 Å². The molecule has 0 bridgehead atoms. The Bertz CT molecular complexity index is 1220. The van der Waals surface area contributed by atoms with E-state index in [0.717, 1.165) is 34.0 Å². The predicted octanol–water partition coefficient (Wildman–Crippen LogP) is 5.51. The molecule has 0 atom stereocenters. The summed E-state index contributed by atoms with van der Waals surface area (Å²) in [6, 6.07) is 16.5. The van der Waals surface area contributed by atoms with E-state index in [1.54, 1.807) is 10.7 Å². The second kappa shape index (κ2) is 7.88. The highest BCUT2D eigenvalue weighted by molar-refractivity contribution is 8.00. The van der Waals surface area contributed by atoms with Gasteiger partial charge in [0.1, 0.15) is 11.9 Å². The van der Waals surface area contributed by atoms with E-state index >= 15 is 0 Å². The first-order chi connectivity index (χ1) is 14.4. The van der Waals surface area contributed by atoms with E-state index in [1.165, 1.54) is 17.5 Å². The molecule has 0 unspecified atom stereocenters. The smallest absolute Gasteiger partial charge is 0.138 e. The van der Waals surface area contributed by atoms with Crippen molar-refractivity contribution >= 4 is 23.3 Å². The van der Waals surface area contributed by atoms with Crippen molar-refractivity contribution < 1.29 is 0 Å². The Labute approximate surface area is 180 Å². The van der Waals surface area contributed by atoms with Gasteiger partial charge in [0.15, 0.2) is 0 Å². The number of hydrogen-bond donors (Lipinski definition) is 1. The van der Waals surface area contributed by atoms with Crippen LogP contribution >= 0.6 is 11.9 Å². The van der Waals surface area contributed by atoms with Crippen LogP contribution in [0.2, 0.25) is 0 Å². The van der Waals surface area contributed by atoms with E-state index in [1.807, 2.05) is 36.0 Å². The predicted molar refractivity (Wildman–Crippen MR) is 121 cm³/mol. The maximum atomic E-state index is 9.51. The molecule has 1 N–H and O–H groups in total. The molecular weight excluding hydrogens is 392 g/mol. The number of hydrogen-bond acceptors (Lipinski definition) is 5. The number of nitrogens with zero attached hydrogens (tertiary/aromatic N) is 5. The lowest BCUT2D eigenvalue weighted by Crippen LogP contribution is -2.10. The molecule has 0 spiro atoms. The maximum Gasteiger partial charge on any atom is 0.138 e. The van der Waals surface area contributed by atoms with Crippen LogP contribution in [0.4, 0.5) is 5.82 Å². The first-order valence-electron chi connectivity index (χ1n) is 9.88. The second-order valence-corrected chi connectivity index (χ2v) is 9.01. The number of nitrogens with one attached hydrogen (secondary N) is 1. The van der Waals surface area contributed by atoms with Gasteiger partial charge in [-0.15, -0.1) is 0 Å². The second-order valence-electron chi connectivity index (χ2n) is 8.13. The van der Waals surface area contributed by atoms with Gasteiger partial charge in [-0.2, -0.15) is 15.5 Å². The summed E-state index contributed by atoms with van der Waals surface area (Å²) in [5, 5.41) is 18.6. The lowest BCUT2D eigenvalue weighted by molar-refractivity contribution is 0.590. The molecule has 1 aromatic carbocycles. The molecule has 6 nitrogen and oxygen atoms in total. The maximum absolute atomic E-state index is 9.51. The molecular formula is C23H24N6S. The van der Waals surface area contributed by atoms with Gasteiger partial charge in [0.05, 0.1) is 23.0 Å². The fourth-order valence-electron chi connectivity index (χ4n) is 3.19. The summed E-state index contributed by atoms with van der Waals surface area (Å²) in [6.45, 7) is 9.47. The minimum absolute atomic E-state index is 0.132. The van der Waals surface area contributed by atoms with Gasteiger partial charge < -0.3 is 4.72 Å². The Hall–Kier alpha value is -3.24.